The molecule has 0 saturated carbocycles. The van der Waals surface area contributed by atoms with E-state index in [1.807, 2.05) is 46.8 Å². The Kier molecular flexibility index (Phi) is 15.9. The number of carbonyl (C=O) groups is 5. The van der Waals surface area contributed by atoms with Crippen molar-refractivity contribution < 1.29 is 47.7 Å². The van der Waals surface area contributed by atoms with Gasteiger partial charge in [-0.05, 0) is 124 Å². The number of esters is 5. The second-order valence-corrected chi connectivity index (χ2v) is 14.2. The number of hydrogen-bond donors (Lipinski definition) is 2. The maximum absolute atomic E-state index is 13.2. The van der Waals surface area contributed by atoms with Gasteiger partial charge in [0.2, 0.25) is 0 Å². The first-order valence-corrected chi connectivity index (χ1v) is 19.5. The highest BCUT2D eigenvalue weighted by Crippen LogP contribution is 2.38. The summed E-state index contributed by atoms with van der Waals surface area (Å²) < 4.78 is 25.1. The number of methoxy groups -OCH3 is 4. The van der Waals surface area contributed by atoms with E-state index in [0.29, 0.717) is 53.2 Å². The van der Waals surface area contributed by atoms with Crippen molar-refractivity contribution >= 4 is 53.4 Å². The summed E-state index contributed by atoms with van der Waals surface area (Å²) in [4.78, 5) is 79.2. The molecule has 4 heterocycles. The van der Waals surface area contributed by atoms with Crippen LogP contribution in [0.15, 0.2) is 43.7 Å². The van der Waals surface area contributed by atoms with Crippen molar-refractivity contribution in [3.05, 3.63) is 78.7 Å². The molecule has 0 atom stereocenters. The van der Waals surface area contributed by atoms with Crippen molar-refractivity contribution in [3.63, 3.8) is 0 Å². The minimum atomic E-state index is -0.437. The summed E-state index contributed by atoms with van der Waals surface area (Å²) in [5, 5.41) is 0. The number of H-pyrrole nitrogens is 2. The van der Waals surface area contributed by atoms with Crippen LogP contribution in [0.4, 0.5) is 0 Å². The van der Waals surface area contributed by atoms with Gasteiger partial charge in [0, 0.05) is 54.9 Å². The van der Waals surface area contributed by atoms with Gasteiger partial charge in [-0.15, -0.1) is 0 Å². The van der Waals surface area contributed by atoms with E-state index in [1.54, 1.807) is 6.92 Å². The van der Waals surface area contributed by atoms with Gasteiger partial charge in [-0.25, -0.2) is 0 Å². The van der Waals surface area contributed by atoms with E-state index in [-0.39, 0.29) is 69.5 Å². The molecule has 312 valence electrons. The van der Waals surface area contributed by atoms with Crippen molar-refractivity contribution in [3.8, 4) is 0 Å². The van der Waals surface area contributed by atoms with Crippen LogP contribution in [-0.2, 0) is 60.5 Å². The predicted molar refractivity (Wildman–Crippen MR) is 220 cm³/mol. The minimum absolute atomic E-state index is 0.0528. The lowest BCUT2D eigenvalue weighted by molar-refractivity contribution is -0.142. The summed E-state index contributed by atoms with van der Waals surface area (Å²) in [6, 6.07) is 0. The molecule has 0 amide bonds. The predicted octanol–water partition coefficient (Wildman–Crippen LogP) is 6.94. The zero-order valence-corrected chi connectivity index (χ0v) is 35.4. The molecule has 0 aromatic carbocycles. The zero-order valence-electron chi connectivity index (χ0n) is 35.4. The standard InChI is InChI=1S/C44H56N4O10/c1-11-58-44(53)20-33-32(15-19-43(52)57-10)38(23-36-30(13-17-41(50)55-8)24(2)27(5)45-36)48-39(33)22-35-26(4)31(14-18-42(51)56-9)37(47-35)21-34-25(3)29(28(6)46-34)12-16-40(49)54-7/h21,23,45-46H,11-20,22H2,1-10H3/b37-21+,38-23-. The summed E-state index contributed by atoms with van der Waals surface area (Å²) in [5.74, 6) is -1.81. The molecule has 0 bridgehead atoms. The smallest absolute Gasteiger partial charge is 0.310 e. The second kappa shape index (κ2) is 20.6. The van der Waals surface area contributed by atoms with Crippen LogP contribution < -0.4 is 0 Å². The molecule has 2 aromatic heterocycles. The van der Waals surface area contributed by atoms with Gasteiger partial charge >= 0.3 is 29.8 Å². The Morgan fingerprint density at radius 2 is 1.03 bits per heavy atom. The van der Waals surface area contributed by atoms with Gasteiger partial charge in [-0.1, -0.05) is 0 Å². The average molecular weight is 801 g/mol. The molecule has 0 saturated heterocycles. The van der Waals surface area contributed by atoms with E-state index < -0.39 is 11.9 Å². The molecular formula is C44H56N4O10. The Balaban J connectivity index is 1.86. The normalized spacial score (nSPS) is 15.3. The van der Waals surface area contributed by atoms with Crippen LogP contribution in [0.5, 0.6) is 0 Å². The lowest BCUT2D eigenvalue weighted by Gasteiger charge is -2.11. The summed E-state index contributed by atoms with van der Waals surface area (Å²) in [6.45, 7) is 11.8. The molecule has 0 fully saturated rings. The van der Waals surface area contributed by atoms with E-state index in [0.717, 1.165) is 56.2 Å². The monoisotopic (exact) mass is 800 g/mol. The molecular weight excluding hydrogens is 745 g/mol. The highest BCUT2D eigenvalue weighted by molar-refractivity contribution is 6.22. The topological polar surface area (TPSA) is 188 Å². The molecule has 14 heteroatoms. The second-order valence-electron chi connectivity index (χ2n) is 14.2. The Morgan fingerprint density at radius 1 is 0.552 bits per heavy atom. The first-order chi connectivity index (χ1) is 27.6. The van der Waals surface area contributed by atoms with Crippen LogP contribution in [0.1, 0.15) is 110 Å². The number of aromatic nitrogens is 2. The molecule has 58 heavy (non-hydrogen) atoms. The molecule has 0 radical (unpaired) electrons. The summed E-state index contributed by atoms with van der Waals surface area (Å²) >= 11 is 0. The summed E-state index contributed by atoms with van der Waals surface area (Å²) in [6.07, 6.45) is 6.22. The van der Waals surface area contributed by atoms with Crippen LogP contribution >= 0.6 is 0 Å². The fourth-order valence-electron chi connectivity index (χ4n) is 7.32. The number of aliphatic imine (C=N–C) groups is 2. The largest absolute Gasteiger partial charge is 0.469 e. The van der Waals surface area contributed by atoms with Gasteiger partial charge in [0.15, 0.2) is 0 Å². The highest BCUT2D eigenvalue weighted by Gasteiger charge is 2.31. The quantitative estimate of drug-likeness (QED) is 0.111. The number of nitrogens with zero attached hydrogens (tertiary/aromatic N) is 2. The van der Waals surface area contributed by atoms with Crippen LogP contribution in [0.25, 0.3) is 12.2 Å². The first kappa shape index (κ1) is 44.9. The van der Waals surface area contributed by atoms with E-state index >= 15 is 0 Å². The molecule has 2 aliphatic heterocycles. The van der Waals surface area contributed by atoms with Crippen molar-refractivity contribution in [1.29, 1.82) is 0 Å². The molecule has 4 rings (SSSR count). The molecule has 2 aromatic rings. The highest BCUT2D eigenvalue weighted by atomic mass is 16.5. The molecule has 14 nitrogen and oxygen atoms in total. The number of carbonyl (C=O) groups excluding carboxylic acids is 5. The van der Waals surface area contributed by atoms with Gasteiger partial charge in [0.05, 0.1) is 64.3 Å². The van der Waals surface area contributed by atoms with E-state index in [4.69, 9.17) is 33.7 Å². The maximum atomic E-state index is 13.2. The Hall–Kier alpha value is -5.79. The fourth-order valence-corrected chi connectivity index (χ4v) is 7.32. The molecule has 2 aliphatic rings. The summed E-state index contributed by atoms with van der Waals surface area (Å²) in [5.41, 5.74) is 13.0. The van der Waals surface area contributed by atoms with E-state index in [9.17, 15) is 24.0 Å². The maximum Gasteiger partial charge on any atom is 0.310 e. The number of aryl methyl sites for hydroxylation is 2. The lowest BCUT2D eigenvalue weighted by atomic mass is 9.92. The number of ether oxygens (including phenoxy) is 5. The van der Waals surface area contributed by atoms with E-state index in [2.05, 4.69) is 9.97 Å². The first-order valence-electron chi connectivity index (χ1n) is 19.5. The van der Waals surface area contributed by atoms with Crippen molar-refractivity contribution in [2.24, 2.45) is 9.98 Å². The number of nitrogens with one attached hydrogen (secondary N) is 2. The molecule has 2 N–H and O–H groups in total. The Morgan fingerprint density at radius 3 is 1.60 bits per heavy atom. The van der Waals surface area contributed by atoms with Gasteiger partial charge in [-0.2, -0.15) is 0 Å². The third-order valence-electron chi connectivity index (χ3n) is 10.8. The molecule has 0 spiro atoms. The Bertz CT molecular complexity index is 2140. The van der Waals surface area contributed by atoms with Crippen LogP contribution in [0, 0.1) is 27.7 Å². The minimum Gasteiger partial charge on any atom is -0.469 e. The van der Waals surface area contributed by atoms with Crippen molar-refractivity contribution in [2.45, 2.75) is 106 Å². The van der Waals surface area contributed by atoms with Crippen molar-refractivity contribution in [2.75, 3.05) is 35.0 Å². The lowest BCUT2D eigenvalue weighted by Crippen LogP contribution is -2.14. The zero-order chi connectivity index (χ0) is 42.7. The van der Waals surface area contributed by atoms with Crippen LogP contribution in [0.3, 0.4) is 0 Å². The van der Waals surface area contributed by atoms with Crippen LogP contribution in [0.2, 0.25) is 0 Å². The third kappa shape index (κ3) is 11.0. The SMILES string of the molecule is CCOC(=O)CC1=C(CCC(=O)OC)/C(=C/c2[nH]c(C)c(C)c2CCC(=O)OC)N=C1CC1=N/C(=C/c2[nH]c(C)c(CCC(=O)OC)c2C)C(CCC(=O)OC)=C1C. The van der Waals surface area contributed by atoms with E-state index in [1.165, 1.54) is 28.4 Å². The average Bonchev–Trinajstić information content (AvgIpc) is 3.86. The number of hydrogen-bond acceptors (Lipinski definition) is 12. The van der Waals surface area contributed by atoms with Gasteiger partial charge in [0.1, 0.15) is 0 Å². The van der Waals surface area contributed by atoms with Crippen LogP contribution in [-0.4, -0.2) is 86.3 Å². The molecule has 0 aliphatic carbocycles. The van der Waals surface area contributed by atoms with Gasteiger partial charge < -0.3 is 33.7 Å². The molecule has 0 unspecified atom stereocenters. The fraction of sp³-hybridized carbons (Fsp3) is 0.477. The third-order valence-corrected chi connectivity index (χ3v) is 10.8. The van der Waals surface area contributed by atoms with Crippen molar-refractivity contribution in [1.82, 2.24) is 9.97 Å². The van der Waals surface area contributed by atoms with Gasteiger partial charge in [0.25, 0.3) is 0 Å². The number of rotatable bonds is 19. The Labute approximate surface area is 339 Å². The summed E-state index contributed by atoms with van der Waals surface area (Å²) in [7, 11) is 5.42. The number of allylic oxidation sites excluding steroid dienone is 3. The number of aromatic amines is 2. The van der Waals surface area contributed by atoms with Gasteiger partial charge in [-0.3, -0.25) is 34.0 Å².